The van der Waals surface area contributed by atoms with Crippen molar-refractivity contribution >= 4 is 10.8 Å². The van der Waals surface area contributed by atoms with E-state index in [4.69, 9.17) is 5.11 Å². The van der Waals surface area contributed by atoms with Crippen molar-refractivity contribution in [2.45, 2.75) is 51.9 Å². The second kappa shape index (κ2) is 8.06. The Morgan fingerprint density at radius 3 is 1.90 bits per heavy atom. The number of hydrogen-bond acceptors (Lipinski definition) is 1. The Morgan fingerprint density at radius 2 is 1.35 bits per heavy atom. The van der Waals surface area contributed by atoms with Gasteiger partial charge in [-0.05, 0) is 54.0 Å². The van der Waals surface area contributed by atoms with Crippen LogP contribution < -0.4 is 0 Å². The molecule has 0 aliphatic carbocycles. The minimum absolute atomic E-state index is 0.301. The molecule has 0 bridgehead atoms. The molecule has 1 heteroatoms. The summed E-state index contributed by atoms with van der Waals surface area (Å²) in [5.41, 5.74) is 2.84. The van der Waals surface area contributed by atoms with Gasteiger partial charge in [0.15, 0.2) is 0 Å². The van der Waals surface area contributed by atoms with Gasteiger partial charge >= 0.3 is 0 Å². The van der Waals surface area contributed by atoms with Crippen LogP contribution in [0.4, 0.5) is 0 Å². The van der Waals surface area contributed by atoms with E-state index >= 15 is 0 Å². The van der Waals surface area contributed by atoms with E-state index in [0.29, 0.717) is 6.61 Å². The van der Waals surface area contributed by atoms with Crippen LogP contribution in [0, 0.1) is 0 Å². The van der Waals surface area contributed by atoms with Crippen molar-refractivity contribution in [2.24, 2.45) is 0 Å². The van der Waals surface area contributed by atoms with E-state index in [1.165, 1.54) is 47.6 Å². The number of unbranched alkanes of at least 4 members (excludes halogenated alkanes) is 3. The molecule has 2 rings (SSSR count). The summed E-state index contributed by atoms with van der Waals surface area (Å²) in [6, 6.07) is 13.6. The minimum atomic E-state index is 0.301. The van der Waals surface area contributed by atoms with E-state index in [-0.39, 0.29) is 0 Å². The molecule has 2 aromatic rings. The highest BCUT2D eigenvalue weighted by molar-refractivity contribution is 5.83. The minimum Gasteiger partial charge on any atom is -0.396 e. The van der Waals surface area contributed by atoms with E-state index in [1.807, 2.05) is 0 Å². The number of fused-ring (bicyclic) bond motifs is 1. The highest BCUT2D eigenvalue weighted by Gasteiger charge is 2.00. The molecule has 1 nitrogen and oxygen atoms in total. The van der Waals surface area contributed by atoms with Gasteiger partial charge < -0.3 is 5.11 Å². The van der Waals surface area contributed by atoms with E-state index in [0.717, 1.165) is 19.3 Å². The molecule has 0 heterocycles. The number of aliphatic hydroxyl groups is 1. The van der Waals surface area contributed by atoms with Crippen LogP contribution in [0.5, 0.6) is 0 Å². The van der Waals surface area contributed by atoms with Crippen LogP contribution >= 0.6 is 0 Å². The summed E-state index contributed by atoms with van der Waals surface area (Å²) in [6.07, 6.45) is 8.11. The second-order valence-corrected chi connectivity index (χ2v) is 5.65. The van der Waals surface area contributed by atoms with E-state index < -0.39 is 0 Å². The number of rotatable bonds is 8. The quantitative estimate of drug-likeness (QED) is 0.677. The lowest BCUT2D eigenvalue weighted by Crippen LogP contribution is -1.90. The molecule has 0 spiro atoms. The summed E-state index contributed by atoms with van der Waals surface area (Å²) < 4.78 is 0. The van der Waals surface area contributed by atoms with Gasteiger partial charge in [-0.1, -0.05) is 56.2 Å². The molecule has 0 atom stereocenters. The molecule has 0 aromatic heterocycles. The maximum absolute atomic E-state index is 8.86. The Morgan fingerprint density at radius 1 is 0.750 bits per heavy atom. The van der Waals surface area contributed by atoms with Crippen LogP contribution in [0.15, 0.2) is 36.4 Å². The maximum atomic E-state index is 8.86. The first-order valence-electron chi connectivity index (χ1n) is 7.96. The molecule has 0 aliphatic heterocycles. The van der Waals surface area contributed by atoms with Gasteiger partial charge in [-0.25, -0.2) is 0 Å². The monoisotopic (exact) mass is 270 g/mol. The Labute approximate surface area is 122 Å². The number of hydrogen-bond donors (Lipinski definition) is 1. The average Bonchev–Trinajstić information content (AvgIpc) is 2.47. The summed E-state index contributed by atoms with van der Waals surface area (Å²) in [5.74, 6) is 0. The van der Waals surface area contributed by atoms with Gasteiger partial charge in [-0.2, -0.15) is 0 Å². The number of aliphatic hydroxyl groups excluding tert-OH is 1. The zero-order valence-corrected chi connectivity index (χ0v) is 12.6. The predicted octanol–water partition coefficient (Wildman–Crippen LogP) is 4.89. The fourth-order valence-corrected chi connectivity index (χ4v) is 2.68. The van der Waals surface area contributed by atoms with Crippen LogP contribution in [0.2, 0.25) is 0 Å². The van der Waals surface area contributed by atoms with Crippen molar-refractivity contribution in [3.8, 4) is 0 Å². The van der Waals surface area contributed by atoms with Crippen molar-refractivity contribution in [3.63, 3.8) is 0 Å². The summed E-state index contributed by atoms with van der Waals surface area (Å²) in [5, 5.41) is 11.5. The van der Waals surface area contributed by atoms with Gasteiger partial charge in [0, 0.05) is 6.61 Å². The topological polar surface area (TPSA) is 20.2 Å². The smallest absolute Gasteiger partial charge is 0.0431 e. The van der Waals surface area contributed by atoms with Crippen molar-refractivity contribution in [3.05, 3.63) is 47.5 Å². The van der Waals surface area contributed by atoms with E-state index in [2.05, 4.69) is 43.3 Å². The van der Waals surface area contributed by atoms with Gasteiger partial charge in [-0.15, -0.1) is 0 Å². The van der Waals surface area contributed by atoms with Crippen LogP contribution in [0.3, 0.4) is 0 Å². The zero-order valence-electron chi connectivity index (χ0n) is 12.6. The SMILES string of the molecule is CCCCCc1ccc2ccc(CCCCO)cc2c1. The first-order chi connectivity index (χ1) is 9.83. The molecular formula is C19H26O. The molecular weight excluding hydrogens is 244 g/mol. The molecule has 1 N–H and O–H groups in total. The predicted molar refractivity (Wildman–Crippen MR) is 87.2 cm³/mol. The fraction of sp³-hybridized carbons (Fsp3) is 0.474. The Kier molecular flexibility index (Phi) is 6.07. The lowest BCUT2D eigenvalue weighted by Gasteiger charge is -2.06. The molecule has 0 saturated heterocycles. The van der Waals surface area contributed by atoms with Gasteiger partial charge in [0.1, 0.15) is 0 Å². The summed E-state index contributed by atoms with van der Waals surface area (Å²) in [7, 11) is 0. The molecule has 0 aliphatic rings. The third kappa shape index (κ3) is 4.35. The highest BCUT2D eigenvalue weighted by atomic mass is 16.2. The summed E-state index contributed by atoms with van der Waals surface area (Å²) >= 11 is 0. The Bertz CT molecular complexity index is 486. The van der Waals surface area contributed by atoms with Gasteiger partial charge in [0.25, 0.3) is 0 Å². The molecule has 108 valence electrons. The van der Waals surface area contributed by atoms with Crippen molar-refractivity contribution in [1.29, 1.82) is 0 Å². The van der Waals surface area contributed by atoms with E-state index in [1.54, 1.807) is 0 Å². The number of aryl methyl sites for hydroxylation is 2. The van der Waals surface area contributed by atoms with Crippen LogP contribution in [0.1, 0.15) is 50.2 Å². The largest absolute Gasteiger partial charge is 0.396 e. The lowest BCUT2D eigenvalue weighted by atomic mass is 9.99. The summed E-state index contributed by atoms with van der Waals surface area (Å²) in [6.45, 7) is 2.55. The van der Waals surface area contributed by atoms with Gasteiger partial charge in [0.05, 0.1) is 0 Å². The standard InChI is InChI=1S/C19H26O/c1-2-3-4-7-16-9-11-18-12-10-17(8-5-6-13-20)15-19(18)14-16/h9-12,14-15,20H,2-8,13H2,1H3. The third-order valence-electron chi connectivity index (χ3n) is 3.91. The van der Waals surface area contributed by atoms with Crippen LogP contribution in [0.25, 0.3) is 10.8 Å². The fourth-order valence-electron chi connectivity index (χ4n) is 2.68. The highest BCUT2D eigenvalue weighted by Crippen LogP contribution is 2.20. The lowest BCUT2D eigenvalue weighted by molar-refractivity contribution is 0.284. The Balaban J connectivity index is 2.08. The molecule has 0 fully saturated rings. The molecule has 0 saturated carbocycles. The van der Waals surface area contributed by atoms with Crippen molar-refractivity contribution < 1.29 is 5.11 Å². The molecule has 0 amide bonds. The normalized spacial score (nSPS) is 11.1. The second-order valence-electron chi connectivity index (χ2n) is 5.65. The molecule has 0 unspecified atom stereocenters. The Hall–Kier alpha value is -1.34. The average molecular weight is 270 g/mol. The van der Waals surface area contributed by atoms with Gasteiger partial charge in [0.2, 0.25) is 0 Å². The van der Waals surface area contributed by atoms with Crippen LogP contribution in [-0.2, 0) is 12.8 Å². The van der Waals surface area contributed by atoms with Gasteiger partial charge in [-0.3, -0.25) is 0 Å². The van der Waals surface area contributed by atoms with E-state index in [9.17, 15) is 0 Å². The third-order valence-corrected chi connectivity index (χ3v) is 3.91. The number of benzene rings is 2. The first kappa shape index (κ1) is 15.1. The zero-order chi connectivity index (χ0) is 14.2. The molecule has 0 radical (unpaired) electrons. The van der Waals surface area contributed by atoms with Crippen molar-refractivity contribution in [2.75, 3.05) is 6.61 Å². The molecule has 20 heavy (non-hydrogen) atoms. The van der Waals surface area contributed by atoms with Crippen LogP contribution in [-0.4, -0.2) is 11.7 Å². The summed E-state index contributed by atoms with van der Waals surface area (Å²) in [4.78, 5) is 0. The first-order valence-corrected chi connectivity index (χ1v) is 7.96. The maximum Gasteiger partial charge on any atom is 0.0431 e. The van der Waals surface area contributed by atoms with Crippen molar-refractivity contribution in [1.82, 2.24) is 0 Å². The molecule has 2 aromatic carbocycles.